The molecule has 0 aromatic heterocycles. The summed E-state index contributed by atoms with van der Waals surface area (Å²) in [6, 6.07) is 0. The van der Waals surface area contributed by atoms with Gasteiger partial charge in [-0.2, -0.15) is 0 Å². The lowest BCUT2D eigenvalue weighted by Crippen LogP contribution is -2.57. The van der Waals surface area contributed by atoms with E-state index in [9.17, 15) is 19.5 Å². The van der Waals surface area contributed by atoms with Gasteiger partial charge < -0.3 is 24.1 Å². The molecule has 5 rings (SSSR count). The molecule has 0 spiro atoms. The highest BCUT2D eigenvalue weighted by Gasteiger charge is 2.80. The van der Waals surface area contributed by atoms with Crippen LogP contribution in [0.3, 0.4) is 0 Å². The number of ether oxygens (including phenoxy) is 4. The molecule has 5 aliphatic rings. The first-order chi connectivity index (χ1) is 14.9. The summed E-state index contributed by atoms with van der Waals surface area (Å²) in [5.74, 6) is -2.93. The van der Waals surface area contributed by atoms with Gasteiger partial charge in [0.05, 0.1) is 5.92 Å². The topological polar surface area (TPSA) is 108 Å². The Labute approximate surface area is 188 Å². The van der Waals surface area contributed by atoms with E-state index in [0.29, 0.717) is 5.92 Å². The normalized spacial score (nSPS) is 50.5. The molecular weight excluding hydrogens is 416 g/mol. The van der Waals surface area contributed by atoms with Crippen molar-refractivity contribution in [3.05, 3.63) is 0 Å². The van der Waals surface area contributed by atoms with Crippen LogP contribution in [0.5, 0.6) is 0 Å². The van der Waals surface area contributed by atoms with Crippen molar-refractivity contribution in [2.24, 2.45) is 40.4 Å². The molecule has 2 saturated heterocycles. The Morgan fingerprint density at radius 1 is 1.03 bits per heavy atom. The highest BCUT2D eigenvalue weighted by molar-refractivity contribution is 5.84. The fraction of sp³-hybridized carbons (Fsp3) is 0.875. The first kappa shape index (κ1) is 22.1. The predicted molar refractivity (Wildman–Crippen MR) is 109 cm³/mol. The third-order valence-corrected chi connectivity index (χ3v) is 9.51. The van der Waals surface area contributed by atoms with Gasteiger partial charge in [-0.3, -0.25) is 9.59 Å². The fourth-order valence-electron chi connectivity index (χ4n) is 8.55. The second-order valence-corrected chi connectivity index (χ2v) is 11.5. The van der Waals surface area contributed by atoms with Crippen LogP contribution < -0.4 is 0 Å². The van der Waals surface area contributed by atoms with Gasteiger partial charge >= 0.3 is 17.9 Å². The highest BCUT2D eigenvalue weighted by Crippen LogP contribution is 2.69. The minimum absolute atomic E-state index is 0.0158. The molecule has 5 fully saturated rings. The van der Waals surface area contributed by atoms with Gasteiger partial charge in [-0.1, -0.05) is 27.2 Å². The zero-order valence-electron chi connectivity index (χ0n) is 19.5. The van der Waals surface area contributed by atoms with Crippen molar-refractivity contribution in [1.29, 1.82) is 0 Å². The van der Waals surface area contributed by atoms with Crippen molar-refractivity contribution in [2.75, 3.05) is 0 Å². The average Bonchev–Trinajstić information content (AvgIpc) is 3.22. The van der Waals surface area contributed by atoms with Crippen LogP contribution in [0.4, 0.5) is 0 Å². The Bertz CT molecular complexity index is 853. The maximum Gasteiger partial charge on any atom is 0.344 e. The Balaban J connectivity index is 1.60. The smallest absolute Gasteiger partial charge is 0.344 e. The number of hydrogen-bond acceptors (Lipinski definition) is 8. The van der Waals surface area contributed by atoms with Gasteiger partial charge in [-0.05, 0) is 48.3 Å². The van der Waals surface area contributed by atoms with E-state index < -0.39 is 54.0 Å². The third-order valence-electron chi connectivity index (χ3n) is 9.51. The molecule has 0 aromatic carbocycles. The van der Waals surface area contributed by atoms with Crippen LogP contribution in [0.2, 0.25) is 0 Å². The van der Waals surface area contributed by atoms with E-state index in [1.54, 1.807) is 0 Å². The van der Waals surface area contributed by atoms with Gasteiger partial charge in [0.25, 0.3) is 0 Å². The lowest BCUT2D eigenvalue weighted by atomic mass is 9.53. The lowest BCUT2D eigenvalue weighted by molar-refractivity contribution is -0.211. The molecular formula is C24H34O8. The number of aliphatic hydroxyl groups is 1. The molecule has 3 saturated carbocycles. The van der Waals surface area contributed by atoms with Crippen LogP contribution >= 0.6 is 0 Å². The van der Waals surface area contributed by atoms with Gasteiger partial charge in [-0.15, -0.1) is 0 Å². The number of rotatable bonds is 3. The van der Waals surface area contributed by atoms with Gasteiger partial charge in [0.2, 0.25) is 18.2 Å². The van der Waals surface area contributed by atoms with Crippen molar-refractivity contribution < 1.29 is 38.4 Å². The molecule has 4 bridgehead atoms. The summed E-state index contributed by atoms with van der Waals surface area (Å²) < 4.78 is 22.4. The zero-order chi connectivity index (χ0) is 23.2. The maximum absolute atomic E-state index is 13.0. The molecule has 0 amide bonds. The zero-order valence-corrected chi connectivity index (χ0v) is 19.5. The lowest BCUT2D eigenvalue weighted by Gasteiger charge is -2.51. The van der Waals surface area contributed by atoms with E-state index in [1.807, 2.05) is 0 Å². The summed E-state index contributed by atoms with van der Waals surface area (Å²) in [7, 11) is 0. The predicted octanol–water partition coefficient (Wildman–Crippen LogP) is 2.56. The highest BCUT2D eigenvalue weighted by atomic mass is 16.8. The van der Waals surface area contributed by atoms with Crippen LogP contribution in [0, 0.1) is 40.4 Å². The van der Waals surface area contributed by atoms with Crippen LogP contribution in [-0.4, -0.2) is 47.3 Å². The Hall–Kier alpha value is -1.67. The van der Waals surface area contributed by atoms with E-state index >= 15 is 0 Å². The molecule has 1 N–H and O–H groups in total. The number of carbonyl (C=O) groups excluding carboxylic acids is 3. The first-order valence-electron chi connectivity index (χ1n) is 11.8. The second-order valence-electron chi connectivity index (χ2n) is 11.5. The van der Waals surface area contributed by atoms with E-state index in [2.05, 4.69) is 20.8 Å². The van der Waals surface area contributed by atoms with Crippen molar-refractivity contribution in [3.8, 4) is 0 Å². The molecule has 0 radical (unpaired) electrons. The van der Waals surface area contributed by atoms with Crippen LogP contribution in [0.25, 0.3) is 0 Å². The molecule has 0 aromatic rings. The van der Waals surface area contributed by atoms with E-state index in [0.717, 1.165) is 25.7 Å². The van der Waals surface area contributed by atoms with Gasteiger partial charge in [0.1, 0.15) is 6.10 Å². The number of esters is 3. The van der Waals surface area contributed by atoms with E-state index in [-0.39, 0.29) is 22.7 Å². The minimum atomic E-state index is -2.10. The summed E-state index contributed by atoms with van der Waals surface area (Å²) in [4.78, 5) is 36.8. The summed E-state index contributed by atoms with van der Waals surface area (Å²) in [5.41, 5.74) is -1.92. The molecule has 0 unspecified atom stereocenters. The van der Waals surface area contributed by atoms with Gasteiger partial charge in [0, 0.05) is 25.7 Å². The van der Waals surface area contributed by atoms with Crippen LogP contribution in [0.1, 0.15) is 66.7 Å². The molecule has 2 heterocycles. The third kappa shape index (κ3) is 2.77. The number of hydrogen-bond donors (Lipinski definition) is 1. The average molecular weight is 451 g/mol. The Morgan fingerprint density at radius 2 is 1.72 bits per heavy atom. The molecule has 3 aliphatic carbocycles. The monoisotopic (exact) mass is 450 g/mol. The summed E-state index contributed by atoms with van der Waals surface area (Å²) in [6.07, 6.45) is 2.23. The SMILES string of the molecule is CC(=O)O[C@@H]1O[C@H]2OC(=O)[C@@]3(O)[C@@H]1[C@@H]2[C@@H]([C@H]1CC[C@H]2C(C)(C)CCC[C@]12C)[C@@H]3OC(C)=O. The number of fused-ring (bicyclic) bond motifs is 1. The molecule has 32 heavy (non-hydrogen) atoms. The molecule has 178 valence electrons. The molecule has 10 atom stereocenters. The molecule has 8 heteroatoms. The fourth-order valence-corrected chi connectivity index (χ4v) is 8.55. The van der Waals surface area contributed by atoms with Crippen molar-refractivity contribution in [3.63, 3.8) is 0 Å². The number of carbonyl (C=O) groups is 3. The summed E-state index contributed by atoms with van der Waals surface area (Å²) in [5, 5.41) is 11.8. The first-order valence-corrected chi connectivity index (χ1v) is 11.8. The van der Waals surface area contributed by atoms with E-state index in [4.69, 9.17) is 18.9 Å². The largest absolute Gasteiger partial charge is 0.458 e. The second kappa shape index (κ2) is 6.92. The minimum Gasteiger partial charge on any atom is -0.458 e. The van der Waals surface area contributed by atoms with Gasteiger partial charge in [0.15, 0.2) is 0 Å². The van der Waals surface area contributed by atoms with Crippen molar-refractivity contribution in [2.45, 2.75) is 91.0 Å². The summed E-state index contributed by atoms with van der Waals surface area (Å²) >= 11 is 0. The maximum atomic E-state index is 13.0. The molecule has 8 nitrogen and oxygen atoms in total. The molecule has 2 aliphatic heterocycles. The van der Waals surface area contributed by atoms with Gasteiger partial charge in [-0.25, -0.2) is 4.79 Å². The standard InChI is InChI=1S/C24H34O8/c1-11(25)29-18-15(13-7-8-14-22(3,4)9-6-10-23(13,14)5)16-17-20(30-12(2)26)31-19(16)32-21(27)24(17,18)28/h13-20,28H,6-10H2,1-5H3/t13-,14+,15-,16+,17-,18+,19+,20-,23-,24-/m1/s1. The van der Waals surface area contributed by atoms with Crippen LogP contribution in [-0.2, 0) is 33.3 Å². The quantitative estimate of drug-likeness (QED) is 0.516. The summed E-state index contributed by atoms with van der Waals surface area (Å²) in [6.45, 7) is 9.53. The van der Waals surface area contributed by atoms with E-state index in [1.165, 1.54) is 20.3 Å². The Morgan fingerprint density at radius 3 is 2.38 bits per heavy atom. The van der Waals surface area contributed by atoms with Crippen LogP contribution in [0.15, 0.2) is 0 Å². The Kier molecular flexibility index (Phi) is 4.79. The van der Waals surface area contributed by atoms with Crippen molar-refractivity contribution >= 4 is 17.9 Å². The van der Waals surface area contributed by atoms with Crippen molar-refractivity contribution in [1.82, 2.24) is 0 Å².